The number of hydrogen-bond acceptors (Lipinski definition) is 4. The van der Waals surface area contributed by atoms with Crippen molar-refractivity contribution < 1.29 is 5.11 Å². The second-order valence-electron chi connectivity index (χ2n) is 5.29. The fourth-order valence-corrected chi connectivity index (χ4v) is 3.89. The maximum absolute atomic E-state index is 12.2. The number of H-pyrrole nitrogens is 1. The van der Waals surface area contributed by atoms with Gasteiger partial charge in [-0.1, -0.05) is 43.2 Å². The Morgan fingerprint density at radius 3 is 2.62 bits per heavy atom. The third-order valence-corrected chi connectivity index (χ3v) is 5.15. The van der Waals surface area contributed by atoms with Gasteiger partial charge in [0.2, 0.25) is 5.88 Å². The average molecular weight is 302 g/mol. The zero-order chi connectivity index (χ0) is 14.7. The highest BCUT2D eigenvalue weighted by atomic mass is 32.2. The van der Waals surface area contributed by atoms with Gasteiger partial charge >= 0.3 is 0 Å². The number of hydrogen-bond donors (Lipinski definition) is 2. The Kier molecular flexibility index (Phi) is 4.29. The number of aromatic amines is 1. The number of benzene rings is 1. The van der Waals surface area contributed by atoms with Crippen LogP contribution in [0.15, 0.2) is 35.1 Å². The molecule has 0 aliphatic heterocycles. The van der Waals surface area contributed by atoms with Crippen LogP contribution < -0.4 is 5.56 Å². The molecular weight excluding hydrogens is 284 g/mol. The molecule has 2 aromatic rings. The third kappa shape index (κ3) is 3.29. The minimum absolute atomic E-state index is 0.188. The van der Waals surface area contributed by atoms with E-state index in [0.29, 0.717) is 22.4 Å². The molecule has 1 fully saturated rings. The molecule has 0 unspecified atom stereocenters. The van der Waals surface area contributed by atoms with Crippen LogP contribution in [-0.4, -0.2) is 20.3 Å². The lowest BCUT2D eigenvalue weighted by molar-refractivity contribution is 0.451. The predicted molar refractivity (Wildman–Crippen MR) is 85.5 cm³/mol. The van der Waals surface area contributed by atoms with Gasteiger partial charge in [-0.15, -0.1) is 0 Å². The van der Waals surface area contributed by atoms with E-state index in [9.17, 15) is 9.90 Å². The highest BCUT2D eigenvalue weighted by Crippen LogP contribution is 2.31. The number of aromatic hydroxyl groups is 1. The Hall–Kier alpha value is -1.75. The van der Waals surface area contributed by atoms with Gasteiger partial charge in [-0.25, -0.2) is 0 Å². The lowest BCUT2D eigenvalue weighted by Crippen LogP contribution is -2.14. The van der Waals surface area contributed by atoms with Crippen LogP contribution in [0.2, 0.25) is 0 Å². The minimum Gasteiger partial charge on any atom is -0.493 e. The van der Waals surface area contributed by atoms with Crippen LogP contribution in [0.5, 0.6) is 5.88 Å². The van der Waals surface area contributed by atoms with Crippen molar-refractivity contribution in [2.45, 2.75) is 36.7 Å². The molecule has 0 bridgehead atoms. The molecule has 1 heterocycles. The largest absolute Gasteiger partial charge is 0.493 e. The van der Waals surface area contributed by atoms with Crippen molar-refractivity contribution in [3.8, 4) is 17.0 Å². The molecule has 0 radical (unpaired) electrons. The van der Waals surface area contributed by atoms with Gasteiger partial charge in [-0.2, -0.15) is 16.7 Å². The molecule has 21 heavy (non-hydrogen) atoms. The highest BCUT2D eigenvalue weighted by molar-refractivity contribution is 7.99. The molecule has 2 N–H and O–H groups in total. The molecule has 0 amide bonds. The monoisotopic (exact) mass is 302 g/mol. The quantitative estimate of drug-likeness (QED) is 0.909. The Bertz CT molecular complexity index is 664. The van der Waals surface area contributed by atoms with E-state index in [2.05, 4.69) is 9.97 Å². The van der Waals surface area contributed by atoms with E-state index in [-0.39, 0.29) is 17.0 Å². The summed E-state index contributed by atoms with van der Waals surface area (Å²) in [7, 11) is 0. The minimum atomic E-state index is -0.282. The Balaban J connectivity index is 1.81. The third-order valence-electron chi connectivity index (χ3n) is 3.77. The molecule has 3 rings (SSSR count). The summed E-state index contributed by atoms with van der Waals surface area (Å²) in [6.45, 7) is 0. The van der Waals surface area contributed by atoms with Crippen molar-refractivity contribution in [3.63, 3.8) is 0 Å². The molecule has 0 saturated heterocycles. The smallest absolute Gasteiger partial charge is 0.262 e. The first-order valence-corrected chi connectivity index (χ1v) is 8.28. The summed E-state index contributed by atoms with van der Waals surface area (Å²) in [6, 6.07) is 9.11. The first-order valence-electron chi connectivity index (χ1n) is 7.23. The van der Waals surface area contributed by atoms with Gasteiger partial charge in [-0.05, 0) is 18.4 Å². The number of thioether (sulfide) groups is 1. The molecule has 0 spiro atoms. The zero-order valence-corrected chi connectivity index (χ0v) is 12.5. The summed E-state index contributed by atoms with van der Waals surface area (Å²) in [4.78, 5) is 19.1. The molecular formula is C16H18N2O2S. The fraction of sp³-hybridized carbons (Fsp3) is 0.375. The molecule has 1 aromatic heterocycles. The SMILES string of the molecule is O=c1[nH]c(CSC2CCCC2)nc(O)c1-c1ccccc1. The van der Waals surface area contributed by atoms with E-state index >= 15 is 0 Å². The molecule has 5 heteroatoms. The second-order valence-corrected chi connectivity index (χ2v) is 6.58. The first kappa shape index (κ1) is 14.2. The highest BCUT2D eigenvalue weighted by Gasteiger charge is 2.17. The van der Waals surface area contributed by atoms with E-state index < -0.39 is 0 Å². The van der Waals surface area contributed by atoms with Crippen LogP contribution in [-0.2, 0) is 5.75 Å². The summed E-state index contributed by atoms with van der Waals surface area (Å²) in [5.41, 5.74) is 0.639. The van der Waals surface area contributed by atoms with Crippen LogP contribution in [0, 0.1) is 0 Å². The Labute approximate surface area is 127 Å². The zero-order valence-electron chi connectivity index (χ0n) is 11.7. The summed E-state index contributed by atoms with van der Waals surface area (Å²) < 4.78 is 0. The molecule has 0 atom stereocenters. The Morgan fingerprint density at radius 1 is 1.24 bits per heavy atom. The topological polar surface area (TPSA) is 66.0 Å². The maximum Gasteiger partial charge on any atom is 0.262 e. The number of nitrogens with one attached hydrogen (secondary N) is 1. The van der Waals surface area contributed by atoms with E-state index in [1.807, 2.05) is 30.0 Å². The van der Waals surface area contributed by atoms with Crippen molar-refractivity contribution >= 4 is 11.8 Å². The predicted octanol–water partition coefficient (Wildman–Crippen LogP) is 3.32. The molecule has 1 aromatic carbocycles. The van der Waals surface area contributed by atoms with Crippen LogP contribution in [0.1, 0.15) is 31.5 Å². The number of nitrogens with zero attached hydrogens (tertiary/aromatic N) is 1. The standard InChI is InChI=1S/C16H18N2O2S/c19-15-14(11-6-2-1-3-7-11)16(20)18-13(17-15)10-21-12-8-4-5-9-12/h1-3,6-7,12H,4-5,8-10H2,(H2,17,18,19,20). The van der Waals surface area contributed by atoms with Crippen LogP contribution >= 0.6 is 11.8 Å². The van der Waals surface area contributed by atoms with Gasteiger partial charge < -0.3 is 10.1 Å². The molecule has 110 valence electrons. The molecule has 1 saturated carbocycles. The van der Waals surface area contributed by atoms with Crippen molar-refractivity contribution in [3.05, 3.63) is 46.5 Å². The normalized spacial score (nSPS) is 15.4. The fourth-order valence-electron chi connectivity index (χ4n) is 2.69. The second kappa shape index (κ2) is 6.35. The van der Waals surface area contributed by atoms with E-state index in [4.69, 9.17) is 0 Å². The van der Waals surface area contributed by atoms with Crippen molar-refractivity contribution in [2.24, 2.45) is 0 Å². The number of aromatic nitrogens is 2. The average Bonchev–Trinajstić information content (AvgIpc) is 2.99. The van der Waals surface area contributed by atoms with E-state index in [0.717, 1.165) is 0 Å². The molecule has 1 aliphatic rings. The lowest BCUT2D eigenvalue weighted by Gasteiger charge is -2.09. The maximum atomic E-state index is 12.2. The van der Waals surface area contributed by atoms with Crippen molar-refractivity contribution in [2.75, 3.05) is 0 Å². The summed E-state index contributed by atoms with van der Waals surface area (Å²) in [6.07, 6.45) is 5.06. The molecule has 1 aliphatic carbocycles. The van der Waals surface area contributed by atoms with Gasteiger partial charge in [0, 0.05) is 5.25 Å². The van der Waals surface area contributed by atoms with E-state index in [1.165, 1.54) is 25.7 Å². The van der Waals surface area contributed by atoms with Gasteiger partial charge in [-0.3, -0.25) is 4.79 Å². The van der Waals surface area contributed by atoms with Crippen molar-refractivity contribution in [1.29, 1.82) is 0 Å². The first-order chi connectivity index (χ1) is 10.2. The Morgan fingerprint density at radius 2 is 1.95 bits per heavy atom. The van der Waals surface area contributed by atoms with Gasteiger partial charge in [0.25, 0.3) is 5.56 Å². The van der Waals surface area contributed by atoms with Gasteiger partial charge in [0.15, 0.2) is 0 Å². The summed E-state index contributed by atoms with van der Waals surface area (Å²) in [5.74, 6) is 1.00. The summed E-state index contributed by atoms with van der Waals surface area (Å²) >= 11 is 1.81. The van der Waals surface area contributed by atoms with Crippen LogP contribution in [0.4, 0.5) is 0 Å². The van der Waals surface area contributed by atoms with Gasteiger partial charge in [0.1, 0.15) is 11.4 Å². The summed E-state index contributed by atoms with van der Waals surface area (Å²) in [5, 5.41) is 10.7. The number of rotatable bonds is 4. The van der Waals surface area contributed by atoms with Crippen molar-refractivity contribution in [1.82, 2.24) is 9.97 Å². The molecule has 4 nitrogen and oxygen atoms in total. The van der Waals surface area contributed by atoms with Crippen LogP contribution in [0.25, 0.3) is 11.1 Å². The van der Waals surface area contributed by atoms with Crippen LogP contribution in [0.3, 0.4) is 0 Å². The van der Waals surface area contributed by atoms with Gasteiger partial charge in [0.05, 0.1) is 5.75 Å². The lowest BCUT2D eigenvalue weighted by atomic mass is 10.1. The van der Waals surface area contributed by atoms with E-state index in [1.54, 1.807) is 12.1 Å².